The van der Waals surface area contributed by atoms with Crippen LogP contribution in [0.25, 0.3) is 10.9 Å². The minimum Gasteiger partial charge on any atom is -0.495 e. The Kier molecular flexibility index (Phi) is 26.5. The summed E-state index contributed by atoms with van der Waals surface area (Å²) in [6, 6.07) is 11.5. The molecule has 2 aromatic carbocycles. The van der Waals surface area contributed by atoms with Gasteiger partial charge in [-0.25, -0.2) is 5.14 Å². The first-order chi connectivity index (χ1) is 21.7. The number of nitrogens with one attached hydrogen (secondary N) is 2. The second-order valence-corrected chi connectivity index (χ2v) is 11.2. The molecule has 0 saturated carbocycles. The summed E-state index contributed by atoms with van der Waals surface area (Å²) in [5.41, 5.74) is 1.97. The van der Waals surface area contributed by atoms with Gasteiger partial charge < -0.3 is 32.3 Å². The van der Waals surface area contributed by atoms with E-state index in [1.165, 1.54) is 30.7 Å². The minimum absolute atomic E-state index is 0. The van der Waals surface area contributed by atoms with Crippen LogP contribution in [0.4, 0.5) is 28.9 Å². The summed E-state index contributed by atoms with van der Waals surface area (Å²) in [6.07, 6.45) is -3.53. The zero-order chi connectivity index (χ0) is 35.5. The fourth-order valence-corrected chi connectivity index (χ4v) is 4.60. The maximum Gasteiger partial charge on any atom is 0.406 e. The van der Waals surface area contributed by atoms with E-state index in [0.717, 1.165) is 25.2 Å². The van der Waals surface area contributed by atoms with Crippen molar-refractivity contribution < 1.29 is 51.8 Å². The van der Waals surface area contributed by atoms with Gasteiger partial charge >= 0.3 is 6.18 Å². The van der Waals surface area contributed by atoms with E-state index >= 15 is 0 Å². The first kappa shape index (κ1) is 49.9. The largest absolute Gasteiger partial charge is 0.495 e. The molecule has 0 bridgehead atoms. The quantitative estimate of drug-likeness (QED) is 0.0570. The molecule has 0 saturated heterocycles. The van der Waals surface area contributed by atoms with Gasteiger partial charge in [-0.2, -0.15) is 13.2 Å². The number of nitrogens with zero attached hydrogens (tertiary/aromatic N) is 2. The van der Waals surface area contributed by atoms with Crippen molar-refractivity contribution in [3.63, 3.8) is 0 Å². The number of halogens is 4. The van der Waals surface area contributed by atoms with Crippen LogP contribution in [-0.2, 0) is 27.0 Å². The Labute approximate surface area is 301 Å². The Balaban J connectivity index is -0.00000209. The summed E-state index contributed by atoms with van der Waals surface area (Å²) in [7, 11) is 0.0623. The number of methoxy groups -OCH3 is 1. The molecule has 0 aliphatic heterocycles. The standard InChI is InChI=1S/C27H36F3N5O3S.C2H5F.2C2H6.CH3.Pd/c1-5-34(3)15-13-19(2)33-23-9-6-10-25-22(23)16-20(35(25)18-27(28,29)30)8-7-14-32-24-12-11-21(39(31,36)37)17-26(24)38-4;1-2-3;2*1-2;;/h6,9-12,16-17,19,32-33,36-37H,5,13-15,18,31H2,1-4H3;2H2,1H3;2*1-2H3;1H3;/q;;;;-1;. The Morgan fingerprint density at radius 2 is 1.67 bits per heavy atom. The Morgan fingerprint density at radius 1 is 1.06 bits per heavy atom. The molecule has 1 atom stereocenters. The van der Waals surface area contributed by atoms with Gasteiger partial charge in [0.2, 0.25) is 0 Å². The number of hydrogen-bond donors (Lipinski definition) is 5. The number of rotatable bonds is 11. The minimum atomic E-state index is -4.42. The summed E-state index contributed by atoms with van der Waals surface area (Å²) in [5, 5.41) is 12.5. The number of anilines is 2. The molecule has 8 nitrogen and oxygen atoms in total. The van der Waals surface area contributed by atoms with Crippen molar-refractivity contribution in [3.05, 3.63) is 55.6 Å². The first-order valence-electron chi connectivity index (χ1n) is 15.4. The molecule has 280 valence electrons. The number of nitrogens with two attached hydrogens (primary N) is 1. The van der Waals surface area contributed by atoms with Crippen LogP contribution in [0.15, 0.2) is 47.4 Å². The van der Waals surface area contributed by atoms with Gasteiger partial charge in [0.25, 0.3) is 0 Å². The molecule has 1 unspecified atom stereocenters. The van der Waals surface area contributed by atoms with Crippen molar-refractivity contribution in [2.75, 3.05) is 51.1 Å². The topological polar surface area (TPSA) is 108 Å². The molecule has 3 aromatic rings. The molecule has 1 aromatic heterocycles. The smallest absolute Gasteiger partial charge is 0.406 e. The zero-order valence-electron chi connectivity index (χ0n) is 29.9. The maximum atomic E-state index is 13.5. The van der Waals surface area contributed by atoms with E-state index in [1.807, 2.05) is 40.8 Å². The second-order valence-electron chi connectivity index (χ2n) is 9.58. The van der Waals surface area contributed by atoms with E-state index in [4.69, 9.17) is 9.88 Å². The molecular formula is C34H56F4N5O3PdS-. The van der Waals surface area contributed by atoms with Crippen molar-refractivity contribution in [2.45, 2.75) is 78.5 Å². The first-order valence-corrected chi connectivity index (χ1v) is 17.0. The van der Waals surface area contributed by atoms with Crippen LogP contribution in [0.1, 0.15) is 60.6 Å². The van der Waals surface area contributed by atoms with Crippen LogP contribution < -0.4 is 20.5 Å². The zero-order valence-corrected chi connectivity index (χ0v) is 32.2. The van der Waals surface area contributed by atoms with E-state index in [9.17, 15) is 26.7 Å². The maximum absolute atomic E-state index is 13.5. The van der Waals surface area contributed by atoms with Gasteiger partial charge in [0.1, 0.15) is 12.3 Å². The molecule has 3 rings (SSSR count). The van der Waals surface area contributed by atoms with Crippen LogP contribution >= 0.6 is 10.8 Å². The van der Waals surface area contributed by atoms with E-state index in [2.05, 4.69) is 41.2 Å². The monoisotopic (exact) mass is 796 g/mol. The third-order valence-corrected chi connectivity index (χ3v) is 7.22. The van der Waals surface area contributed by atoms with Crippen molar-refractivity contribution in [1.82, 2.24) is 9.47 Å². The Morgan fingerprint density at radius 3 is 2.19 bits per heavy atom. The number of aromatic nitrogens is 1. The average Bonchev–Trinajstić information content (AvgIpc) is 3.36. The molecule has 0 amide bonds. The molecule has 48 heavy (non-hydrogen) atoms. The van der Waals surface area contributed by atoms with Gasteiger partial charge in [-0.05, 0) is 76.7 Å². The average molecular weight is 797 g/mol. The fourth-order valence-electron chi connectivity index (χ4n) is 4.05. The second kappa shape index (κ2) is 25.5. The van der Waals surface area contributed by atoms with Crippen molar-refractivity contribution in [1.29, 1.82) is 0 Å². The molecule has 0 spiro atoms. The van der Waals surface area contributed by atoms with Gasteiger partial charge in [-0.1, -0.05) is 46.6 Å². The van der Waals surface area contributed by atoms with Gasteiger partial charge in [0.15, 0.2) is 0 Å². The number of ether oxygens (including phenoxy) is 1. The number of fused-ring (bicyclic) bond motifs is 1. The van der Waals surface area contributed by atoms with Crippen LogP contribution in [-0.4, -0.2) is 71.3 Å². The predicted octanol–water partition coefficient (Wildman–Crippen LogP) is 9.28. The van der Waals surface area contributed by atoms with Crippen molar-refractivity contribution in [2.24, 2.45) is 5.14 Å². The fraction of sp³-hybridized carbons (Fsp3) is 0.500. The number of benzene rings is 2. The van der Waals surface area contributed by atoms with Crippen molar-refractivity contribution in [3.8, 4) is 17.6 Å². The summed E-state index contributed by atoms with van der Waals surface area (Å²) in [5.74, 6) is 6.08. The molecule has 0 aliphatic rings. The van der Waals surface area contributed by atoms with Crippen molar-refractivity contribution >= 4 is 33.1 Å². The molecule has 1 heterocycles. The summed E-state index contributed by atoms with van der Waals surface area (Å²) >= 11 is 0. The summed E-state index contributed by atoms with van der Waals surface area (Å²) in [4.78, 5) is 2.32. The molecule has 0 radical (unpaired) electrons. The van der Waals surface area contributed by atoms with Crippen LogP contribution in [0.3, 0.4) is 0 Å². The van der Waals surface area contributed by atoms with E-state index in [1.54, 1.807) is 24.3 Å². The molecular weight excluding hydrogens is 741 g/mol. The predicted molar refractivity (Wildman–Crippen MR) is 193 cm³/mol. The number of hydrogen-bond acceptors (Lipinski definition) is 7. The van der Waals surface area contributed by atoms with E-state index < -0.39 is 23.5 Å². The SMILES string of the molecule is CC.CC.CCF.CCN(C)CCC(C)Nc1cccc2c1cc(C#CCNc1ccc(S(N)(O)O)cc1OC)n2CC(F)(F)F.[CH3-].[Pd]. The van der Waals surface area contributed by atoms with Crippen LogP contribution in [0, 0.1) is 19.3 Å². The van der Waals surface area contributed by atoms with E-state index in [-0.39, 0.29) is 57.7 Å². The summed E-state index contributed by atoms with van der Waals surface area (Å²) < 4.78 is 76.6. The third-order valence-electron chi connectivity index (χ3n) is 6.27. The number of alkyl halides is 4. The van der Waals surface area contributed by atoms with E-state index in [0.29, 0.717) is 22.3 Å². The van der Waals surface area contributed by atoms with Gasteiger partial charge in [0.05, 0.1) is 42.1 Å². The Bertz CT molecular complexity index is 1360. The summed E-state index contributed by atoms with van der Waals surface area (Å²) in [6.45, 7) is 14.1. The van der Waals surface area contributed by atoms with Crippen LogP contribution in [0.2, 0.25) is 0 Å². The van der Waals surface area contributed by atoms with Gasteiger partial charge in [-0.3, -0.25) is 13.5 Å². The van der Waals surface area contributed by atoms with Gasteiger partial charge in [0, 0.05) is 43.6 Å². The molecule has 0 fully saturated rings. The van der Waals surface area contributed by atoms with Crippen LogP contribution in [0.5, 0.6) is 5.75 Å². The van der Waals surface area contributed by atoms with Gasteiger partial charge in [-0.15, -0.1) is 10.8 Å². The molecule has 0 aliphatic carbocycles. The molecule has 14 heteroatoms. The normalized spacial score (nSPS) is 11.4. The molecule has 6 N–H and O–H groups in total. The Hall–Kier alpha value is -2.49. The third kappa shape index (κ3) is 17.3.